The van der Waals surface area contributed by atoms with Gasteiger partial charge in [-0.15, -0.1) is 0 Å². The first-order valence-corrected chi connectivity index (χ1v) is 12.7. The first-order valence-electron chi connectivity index (χ1n) is 12.7. The molecule has 0 saturated carbocycles. The van der Waals surface area contributed by atoms with Gasteiger partial charge in [-0.3, -0.25) is 19.6 Å². The largest absolute Gasteiger partial charge is 0.344 e. The van der Waals surface area contributed by atoms with Crippen molar-refractivity contribution in [3.05, 3.63) is 0 Å². The van der Waals surface area contributed by atoms with Gasteiger partial charge in [-0.1, -0.05) is 0 Å². The van der Waals surface area contributed by atoms with Crippen LogP contribution in [0.5, 0.6) is 0 Å². The number of quaternary nitrogens is 1. The fraction of sp³-hybridized carbons (Fsp3) is 1.00. The standard InChI is InChI=1S/C24H54N6/c1-21(2)27-13-9-25-10-15-29(23(5)6)19-20-30(24(7)8)16-12-26-11-14-28(18-17-27)22(3)4/h21-26H,9-20H2,1-8H3/p+1. The molecule has 6 heteroatoms. The fourth-order valence-corrected chi connectivity index (χ4v) is 4.26. The number of hydrogen-bond donors (Lipinski definition) is 2. The van der Waals surface area contributed by atoms with Gasteiger partial charge >= 0.3 is 0 Å². The molecule has 1 heterocycles. The summed E-state index contributed by atoms with van der Waals surface area (Å²) in [5, 5.41) is 6.24. The molecule has 0 bridgehead atoms. The average molecular weight is 428 g/mol. The lowest BCUT2D eigenvalue weighted by Gasteiger charge is -2.33. The molecule has 0 aromatic rings. The molecule has 1 rings (SSSR count). The van der Waals surface area contributed by atoms with Crippen LogP contribution in [-0.2, 0) is 0 Å². The molecule has 0 aromatic carbocycles. The first kappa shape index (κ1) is 27.8. The summed E-state index contributed by atoms with van der Waals surface area (Å²) in [5.41, 5.74) is 0. The summed E-state index contributed by atoms with van der Waals surface area (Å²) in [5.74, 6) is 0. The smallest absolute Gasteiger partial charge is 0.0885 e. The summed E-state index contributed by atoms with van der Waals surface area (Å²) in [4.78, 5) is 10.6. The predicted octanol–water partition coefficient (Wildman–Crippen LogP) is 0.995. The van der Waals surface area contributed by atoms with Crippen LogP contribution >= 0.6 is 0 Å². The van der Waals surface area contributed by atoms with Crippen molar-refractivity contribution in [1.82, 2.24) is 24.9 Å². The van der Waals surface area contributed by atoms with Crippen molar-refractivity contribution in [2.45, 2.75) is 79.6 Å². The van der Waals surface area contributed by atoms with Crippen LogP contribution in [0.4, 0.5) is 0 Å². The quantitative estimate of drug-likeness (QED) is 0.700. The Morgan fingerprint density at radius 3 is 1.07 bits per heavy atom. The van der Waals surface area contributed by atoms with Gasteiger partial charge in [0.05, 0.1) is 13.1 Å². The zero-order valence-electron chi connectivity index (χ0n) is 21.7. The Hall–Kier alpha value is -0.240. The minimum absolute atomic E-state index is 0.604. The van der Waals surface area contributed by atoms with Crippen LogP contribution in [0, 0.1) is 0 Å². The third-order valence-corrected chi connectivity index (χ3v) is 6.66. The number of nitrogens with one attached hydrogen (secondary N) is 1. The van der Waals surface area contributed by atoms with Gasteiger partial charge in [-0.25, -0.2) is 0 Å². The van der Waals surface area contributed by atoms with Crippen molar-refractivity contribution in [1.29, 1.82) is 0 Å². The van der Waals surface area contributed by atoms with E-state index >= 15 is 0 Å². The molecule has 180 valence electrons. The minimum Gasteiger partial charge on any atom is -0.344 e. The molecule has 0 aliphatic carbocycles. The molecule has 1 fully saturated rings. The molecule has 0 amide bonds. The van der Waals surface area contributed by atoms with Gasteiger partial charge in [0.1, 0.15) is 0 Å². The monoisotopic (exact) mass is 427 g/mol. The van der Waals surface area contributed by atoms with Gasteiger partial charge in [0.25, 0.3) is 0 Å². The average Bonchev–Trinajstić information content (AvgIpc) is 2.66. The molecule has 30 heavy (non-hydrogen) atoms. The van der Waals surface area contributed by atoms with Crippen molar-refractivity contribution in [3.63, 3.8) is 0 Å². The molecular weight excluding hydrogens is 372 g/mol. The summed E-state index contributed by atoms with van der Waals surface area (Å²) < 4.78 is 0. The van der Waals surface area contributed by atoms with E-state index in [9.17, 15) is 0 Å². The van der Waals surface area contributed by atoms with Crippen molar-refractivity contribution in [2.75, 3.05) is 78.5 Å². The summed E-state index contributed by atoms with van der Waals surface area (Å²) in [6, 6.07) is 2.44. The number of nitrogens with two attached hydrogens (primary N) is 1. The number of rotatable bonds is 4. The van der Waals surface area contributed by atoms with Crippen LogP contribution in [0.2, 0.25) is 0 Å². The zero-order valence-corrected chi connectivity index (χ0v) is 21.7. The van der Waals surface area contributed by atoms with Gasteiger partial charge in [0.2, 0.25) is 0 Å². The third kappa shape index (κ3) is 11.4. The van der Waals surface area contributed by atoms with Crippen molar-refractivity contribution < 1.29 is 5.32 Å². The number of hydrogen-bond acceptors (Lipinski definition) is 5. The number of nitrogens with zero attached hydrogens (tertiary/aromatic N) is 4. The first-order chi connectivity index (χ1) is 14.2. The van der Waals surface area contributed by atoms with Crippen LogP contribution in [0.3, 0.4) is 0 Å². The highest BCUT2D eigenvalue weighted by Gasteiger charge is 2.17. The Morgan fingerprint density at radius 1 is 0.467 bits per heavy atom. The third-order valence-electron chi connectivity index (χ3n) is 6.66. The maximum Gasteiger partial charge on any atom is 0.0885 e. The van der Waals surface area contributed by atoms with Gasteiger partial charge in [0.15, 0.2) is 0 Å². The van der Waals surface area contributed by atoms with Crippen LogP contribution in [-0.4, -0.2) is 122 Å². The van der Waals surface area contributed by atoms with Crippen molar-refractivity contribution >= 4 is 0 Å². The molecule has 1 aliphatic heterocycles. The Labute approximate surface area is 188 Å². The van der Waals surface area contributed by atoms with Crippen LogP contribution < -0.4 is 10.6 Å². The normalized spacial score (nSPS) is 22.8. The maximum atomic E-state index is 3.71. The highest BCUT2D eigenvalue weighted by molar-refractivity contribution is 4.72. The van der Waals surface area contributed by atoms with E-state index in [0.29, 0.717) is 24.2 Å². The van der Waals surface area contributed by atoms with Gasteiger partial charge in [0, 0.05) is 89.6 Å². The van der Waals surface area contributed by atoms with E-state index in [0.717, 1.165) is 39.3 Å². The van der Waals surface area contributed by atoms with E-state index in [1.807, 2.05) is 0 Å². The van der Waals surface area contributed by atoms with Gasteiger partial charge in [-0.05, 0) is 55.4 Å². The Bertz CT molecular complexity index is 339. The second-order valence-corrected chi connectivity index (χ2v) is 10.1. The molecule has 0 radical (unpaired) electrons. The van der Waals surface area contributed by atoms with E-state index in [4.69, 9.17) is 0 Å². The lowest BCUT2D eigenvalue weighted by molar-refractivity contribution is -0.654. The maximum absolute atomic E-state index is 3.71. The molecule has 0 spiro atoms. The van der Waals surface area contributed by atoms with E-state index in [-0.39, 0.29) is 0 Å². The molecule has 0 aromatic heterocycles. The Morgan fingerprint density at radius 2 is 0.767 bits per heavy atom. The van der Waals surface area contributed by atoms with Crippen LogP contribution in [0.1, 0.15) is 55.4 Å². The summed E-state index contributed by atoms with van der Waals surface area (Å²) in [7, 11) is 0. The van der Waals surface area contributed by atoms with E-state index in [2.05, 4.69) is 85.6 Å². The van der Waals surface area contributed by atoms with Crippen LogP contribution in [0.25, 0.3) is 0 Å². The van der Waals surface area contributed by atoms with Crippen molar-refractivity contribution in [3.8, 4) is 0 Å². The van der Waals surface area contributed by atoms with Gasteiger partial charge in [-0.2, -0.15) is 0 Å². The SMILES string of the molecule is CC(C)N1CCNCCN(C(C)C)CCN(C(C)C)CC[NH2+]CCN(C(C)C)CC1. The molecule has 1 saturated heterocycles. The molecule has 3 N–H and O–H groups in total. The van der Waals surface area contributed by atoms with E-state index < -0.39 is 0 Å². The highest BCUT2D eigenvalue weighted by Crippen LogP contribution is 2.03. The van der Waals surface area contributed by atoms with E-state index in [1.54, 1.807) is 0 Å². The summed E-state index contributed by atoms with van der Waals surface area (Å²) in [6.45, 7) is 32.6. The molecular formula is C24H55N6+. The van der Waals surface area contributed by atoms with Gasteiger partial charge < -0.3 is 10.6 Å². The summed E-state index contributed by atoms with van der Waals surface area (Å²) >= 11 is 0. The molecule has 1 aliphatic rings. The molecule has 0 atom stereocenters. The highest BCUT2D eigenvalue weighted by atomic mass is 15.2. The lowest BCUT2D eigenvalue weighted by atomic mass is 10.2. The van der Waals surface area contributed by atoms with Crippen molar-refractivity contribution in [2.24, 2.45) is 0 Å². The second-order valence-electron chi connectivity index (χ2n) is 10.1. The summed E-state index contributed by atoms with van der Waals surface area (Å²) in [6.07, 6.45) is 0. The lowest BCUT2D eigenvalue weighted by Crippen LogP contribution is -2.87. The topological polar surface area (TPSA) is 41.6 Å². The fourth-order valence-electron chi connectivity index (χ4n) is 4.26. The zero-order chi connectivity index (χ0) is 22.5. The Kier molecular flexibility index (Phi) is 14.4. The minimum atomic E-state index is 0.604. The molecule has 6 nitrogen and oxygen atoms in total. The second kappa shape index (κ2) is 15.5. The molecule has 0 unspecified atom stereocenters. The van der Waals surface area contributed by atoms with Crippen LogP contribution in [0.15, 0.2) is 0 Å². The predicted molar refractivity (Wildman–Crippen MR) is 131 cm³/mol. The Balaban J connectivity index is 2.73. The van der Waals surface area contributed by atoms with E-state index in [1.165, 1.54) is 39.3 Å².